The lowest BCUT2D eigenvalue weighted by Gasteiger charge is -2.12. The van der Waals surface area contributed by atoms with E-state index in [0.717, 1.165) is 4.90 Å². The average molecular weight is 405 g/mol. The molecule has 0 aliphatic carbocycles. The Morgan fingerprint density at radius 1 is 1.21 bits per heavy atom. The number of amides is 3. The lowest BCUT2D eigenvalue weighted by molar-refractivity contribution is -0.123. The van der Waals surface area contributed by atoms with E-state index in [9.17, 15) is 14.0 Å². The number of nitrogens with zero attached hydrogens (tertiary/aromatic N) is 1. The van der Waals surface area contributed by atoms with Crippen molar-refractivity contribution in [2.75, 3.05) is 13.7 Å². The molecule has 6 nitrogen and oxygen atoms in total. The molecule has 28 heavy (non-hydrogen) atoms. The van der Waals surface area contributed by atoms with Gasteiger partial charge in [0.2, 0.25) is 0 Å². The van der Waals surface area contributed by atoms with Crippen LogP contribution in [0.15, 0.2) is 42.1 Å². The van der Waals surface area contributed by atoms with Crippen LogP contribution in [0.2, 0.25) is 5.02 Å². The Morgan fingerprint density at radius 3 is 2.64 bits per heavy atom. The highest BCUT2D eigenvalue weighted by molar-refractivity contribution is 6.32. The third kappa shape index (κ3) is 3.94. The lowest BCUT2D eigenvalue weighted by Crippen LogP contribution is -2.30. The summed E-state index contributed by atoms with van der Waals surface area (Å²) in [5.74, 6) is -0.143. The van der Waals surface area contributed by atoms with Crippen LogP contribution in [0.5, 0.6) is 11.5 Å². The van der Waals surface area contributed by atoms with Gasteiger partial charge < -0.3 is 14.8 Å². The number of imide groups is 1. The molecule has 0 atom stereocenters. The Hall–Kier alpha value is -3.06. The molecule has 0 bridgehead atoms. The van der Waals surface area contributed by atoms with Crippen molar-refractivity contribution >= 4 is 29.6 Å². The van der Waals surface area contributed by atoms with Gasteiger partial charge in [0.1, 0.15) is 11.5 Å². The molecule has 1 saturated heterocycles. The quantitative estimate of drug-likeness (QED) is 0.584. The first-order valence-electron chi connectivity index (χ1n) is 8.52. The van der Waals surface area contributed by atoms with Gasteiger partial charge in [-0.1, -0.05) is 29.8 Å². The van der Waals surface area contributed by atoms with E-state index in [1.165, 1.54) is 31.4 Å². The summed E-state index contributed by atoms with van der Waals surface area (Å²) in [7, 11) is 1.49. The van der Waals surface area contributed by atoms with Crippen LogP contribution >= 0.6 is 11.6 Å². The van der Waals surface area contributed by atoms with Crippen LogP contribution < -0.4 is 14.8 Å². The third-order valence-corrected chi connectivity index (χ3v) is 4.46. The van der Waals surface area contributed by atoms with Crippen molar-refractivity contribution in [1.82, 2.24) is 10.2 Å². The number of ether oxygens (including phenoxy) is 2. The smallest absolute Gasteiger partial charge is 0.329 e. The molecule has 0 unspecified atom stereocenters. The fourth-order valence-corrected chi connectivity index (χ4v) is 2.97. The van der Waals surface area contributed by atoms with Gasteiger partial charge in [0.15, 0.2) is 11.5 Å². The number of carbonyl (C=O) groups is 2. The first-order valence-corrected chi connectivity index (χ1v) is 8.90. The number of halogens is 2. The van der Waals surface area contributed by atoms with Crippen LogP contribution in [-0.2, 0) is 11.3 Å². The average Bonchev–Trinajstić information content (AvgIpc) is 2.93. The molecule has 0 spiro atoms. The number of methoxy groups -OCH3 is 1. The molecular weight excluding hydrogens is 387 g/mol. The van der Waals surface area contributed by atoms with Gasteiger partial charge in [-0.25, -0.2) is 9.18 Å². The summed E-state index contributed by atoms with van der Waals surface area (Å²) < 4.78 is 24.6. The second-order valence-corrected chi connectivity index (χ2v) is 6.34. The molecule has 3 rings (SSSR count). The molecule has 1 fully saturated rings. The van der Waals surface area contributed by atoms with E-state index < -0.39 is 17.8 Å². The Balaban J connectivity index is 1.88. The van der Waals surface area contributed by atoms with E-state index in [-0.39, 0.29) is 17.8 Å². The zero-order valence-corrected chi connectivity index (χ0v) is 16.0. The maximum Gasteiger partial charge on any atom is 0.329 e. The largest absolute Gasteiger partial charge is 0.493 e. The normalized spacial score (nSPS) is 15.1. The predicted octanol–water partition coefficient (Wildman–Crippen LogP) is 3.98. The van der Waals surface area contributed by atoms with Gasteiger partial charge in [-0.05, 0) is 30.7 Å². The highest BCUT2D eigenvalue weighted by Gasteiger charge is 2.34. The van der Waals surface area contributed by atoms with Crippen molar-refractivity contribution in [2.45, 2.75) is 13.5 Å². The van der Waals surface area contributed by atoms with E-state index in [1.54, 1.807) is 18.2 Å². The molecule has 0 saturated carbocycles. The van der Waals surface area contributed by atoms with Crippen LogP contribution in [0.1, 0.15) is 18.1 Å². The molecule has 1 heterocycles. The summed E-state index contributed by atoms with van der Waals surface area (Å²) in [5.41, 5.74) is 0.751. The first-order chi connectivity index (χ1) is 13.4. The molecule has 0 aromatic heterocycles. The minimum atomic E-state index is -0.631. The van der Waals surface area contributed by atoms with Crippen molar-refractivity contribution in [2.24, 2.45) is 0 Å². The summed E-state index contributed by atoms with van der Waals surface area (Å²) in [4.78, 5) is 25.8. The number of hydrogen-bond acceptors (Lipinski definition) is 4. The maximum absolute atomic E-state index is 13.9. The highest BCUT2D eigenvalue weighted by atomic mass is 35.5. The van der Waals surface area contributed by atoms with Gasteiger partial charge in [0.05, 0.1) is 25.3 Å². The summed E-state index contributed by atoms with van der Waals surface area (Å²) in [6.45, 7) is 2.10. The fraction of sp³-hybridized carbons (Fsp3) is 0.200. The monoisotopic (exact) mass is 404 g/mol. The van der Waals surface area contributed by atoms with Crippen molar-refractivity contribution in [3.05, 3.63) is 64.1 Å². The van der Waals surface area contributed by atoms with Crippen LogP contribution in [-0.4, -0.2) is 30.6 Å². The number of nitrogens with one attached hydrogen (secondary N) is 1. The van der Waals surface area contributed by atoms with Crippen LogP contribution in [0, 0.1) is 5.82 Å². The molecule has 2 aromatic rings. The van der Waals surface area contributed by atoms with Crippen LogP contribution in [0.4, 0.5) is 9.18 Å². The molecule has 146 valence electrons. The molecule has 0 radical (unpaired) electrons. The van der Waals surface area contributed by atoms with Crippen molar-refractivity contribution in [3.8, 4) is 11.5 Å². The minimum Gasteiger partial charge on any atom is -0.493 e. The first kappa shape index (κ1) is 19.7. The SMILES string of the molecule is CCOc1cc(Cl)c(/C=C2\NC(=O)N(Cc3ccccc3F)C2=O)cc1OC. The highest BCUT2D eigenvalue weighted by Crippen LogP contribution is 2.34. The summed E-state index contributed by atoms with van der Waals surface area (Å²) in [6, 6.07) is 8.53. The van der Waals surface area contributed by atoms with E-state index in [4.69, 9.17) is 21.1 Å². The molecule has 1 aliphatic heterocycles. The number of urea groups is 1. The van der Waals surface area contributed by atoms with Gasteiger partial charge in [-0.15, -0.1) is 0 Å². The summed E-state index contributed by atoms with van der Waals surface area (Å²) in [6.07, 6.45) is 1.45. The molecule has 3 amide bonds. The van der Waals surface area contributed by atoms with Crippen molar-refractivity contribution in [1.29, 1.82) is 0 Å². The van der Waals surface area contributed by atoms with Crippen LogP contribution in [0.3, 0.4) is 0 Å². The lowest BCUT2D eigenvalue weighted by atomic mass is 10.1. The molecule has 2 aromatic carbocycles. The molecular formula is C20H18ClFN2O4. The summed E-state index contributed by atoms with van der Waals surface area (Å²) >= 11 is 6.28. The number of rotatable bonds is 6. The predicted molar refractivity (Wildman–Crippen MR) is 103 cm³/mol. The summed E-state index contributed by atoms with van der Waals surface area (Å²) in [5, 5.41) is 2.82. The van der Waals surface area contributed by atoms with Gasteiger partial charge >= 0.3 is 6.03 Å². The van der Waals surface area contributed by atoms with Crippen LogP contribution in [0.25, 0.3) is 6.08 Å². The fourth-order valence-electron chi connectivity index (χ4n) is 2.76. The number of benzene rings is 2. The number of hydrogen-bond donors (Lipinski definition) is 1. The zero-order chi connectivity index (χ0) is 20.3. The Labute approximate surface area is 166 Å². The van der Waals surface area contributed by atoms with Gasteiger partial charge in [-0.3, -0.25) is 9.69 Å². The van der Waals surface area contributed by atoms with E-state index in [0.29, 0.717) is 28.7 Å². The van der Waals surface area contributed by atoms with Gasteiger partial charge in [0, 0.05) is 11.6 Å². The third-order valence-electron chi connectivity index (χ3n) is 4.13. The molecule has 8 heteroatoms. The second-order valence-electron chi connectivity index (χ2n) is 5.93. The van der Waals surface area contributed by atoms with Crippen molar-refractivity contribution in [3.63, 3.8) is 0 Å². The number of carbonyl (C=O) groups excluding carboxylic acids is 2. The standard InChI is InChI=1S/C20H18ClFN2O4/c1-3-28-18-10-14(21)13(9-17(18)27-2)8-16-19(25)24(20(26)23-16)11-12-6-4-5-7-15(12)22/h4-10H,3,11H2,1-2H3,(H,23,26)/b16-8-. The maximum atomic E-state index is 13.9. The minimum absolute atomic E-state index is 0.0365. The topological polar surface area (TPSA) is 67.9 Å². The second kappa shape index (κ2) is 8.31. The van der Waals surface area contributed by atoms with E-state index >= 15 is 0 Å². The zero-order valence-electron chi connectivity index (χ0n) is 15.3. The van der Waals surface area contributed by atoms with Gasteiger partial charge in [-0.2, -0.15) is 0 Å². The molecule has 1 aliphatic rings. The Bertz CT molecular complexity index is 961. The Kier molecular flexibility index (Phi) is 5.84. The van der Waals surface area contributed by atoms with E-state index in [2.05, 4.69) is 5.32 Å². The molecule has 1 N–H and O–H groups in total. The van der Waals surface area contributed by atoms with Gasteiger partial charge in [0.25, 0.3) is 5.91 Å². The van der Waals surface area contributed by atoms with E-state index in [1.807, 2.05) is 6.92 Å². The van der Waals surface area contributed by atoms with Crippen molar-refractivity contribution < 1.29 is 23.5 Å². The Morgan fingerprint density at radius 2 is 1.96 bits per heavy atom.